The molecule has 0 fully saturated rings. The zero-order valence-electron chi connectivity index (χ0n) is 11.9. The number of methoxy groups -OCH3 is 1. The summed E-state index contributed by atoms with van der Waals surface area (Å²) in [6.07, 6.45) is -1.99. The molecule has 0 saturated heterocycles. The molecule has 0 aliphatic carbocycles. The van der Waals surface area contributed by atoms with Crippen LogP contribution in [0.25, 0.3) is 0 Å². The summed E-state index contributed by atoms with van der Waals surface area (Å²) in [5.74, 6) is -0.555. The monoisotopic (exact) mass is 297 g/mol. The lowest BCUT2D eigenvalue weighted by atomic mass is 9.98. The first-order valence-corrected chi connectivity index (χ1v) is 6.37. The van der Waals surface area contributed by atoms with Crippen LogP contribution in [0, 0.1) is 0 Å². The molecule has 0 radical (unpaired) electrons. The van der Waals surface area contributed by atoms with Crippen LogP contribution in [0.1, 0.15) is 35.4 Å². The van der Waals surface area contributed by atoms with Crippen molar-refractivity contribution in [1.82, 2.24) is 5.32 Å². The van der Waals surface area contributed by atoms with Crippen molar-refractivity contribution in [3.63, 3.8) is 0 Å². The molecule has 1 rings (SSSR count). The highest BCUT2D eigenvalue weighted by Crippen LogP contribution is 2.36. The molecule has 0 aliphatic rings. The van der Waals surface area contributed by atoms with Crippen LogP contribution in [0.15, 0.2) is 12.1 Å². The van der Waals surface area contributed by atoms with E-state index in [-0.39, 0.29) is 41.5 Å². The predicted molar refractivity (Wildman–Crippen MR) is 74.3 cm³/mol. The lowest BCUT2D eigenvalue weighted by molar-refractivity contribution is -0.119. The third kappa shape index (κ3) is 4.44. The molecule has 0 aliphatic heterocycles. The molecule has 0 saturated carbocycles. The molecule has 21 heavy (non-hydrogen) atoms. The first-order valence-electron chi connectivity index (χ1n) is 6.37. The number of hydrogen-bond donors (Lipinski definition) is 4. The Kier molecular flexibility index (Phi) is 6.13. The van der Waals surface area contributed by atoms with Crippen molar-refractivity contribution >= 4 is 12.2 Å². The van der Waals surface area contributed by atoms with Gasteiger partial charge in [-0.25, -0.2) is 0 Å². The largest absolute Gasteiger partial charge is 0.504 e. The van der Waals surface area contributed by atoms with Gasteiger partial charge in [-0.2, -0.15) is 0 Å². The zero-order valence-corrected chi connectivity index (χ0v) is 11.9. The van der Waals surface area contributed by atoms with Crippen LogP contribution in [0.5, 0.6) is 11.5 Å². The van der Waals surface area contributed by atoms with Crippen molar-refractivity contribution in [2.75, 3.05) is 13.7 Å². The van der Waals surface area contributed by atoms with Gasteiger partial charge in [0.1, 0.15) is 12.4 Å². The van der Waals surface area contributed by atoms with Gasteiger partial charge in [-0.05, 0) is 18.6 Å². The van der Waals surface area contributed by atoms with Gasteiger partial charge in [0.15, 0.2) is 11.5 Å². The zero-order chi connectivity index (χ0) is 16.0. The molecule has 0 heterocycles. The minimum absolute atomic E-state index is 0.00762. The summed E-state index contributed by atoms with van der Waals surface area (Å²) in [5, 5.41) is 32.4. The SMILES string of the molecule is COc1cc(C=O)cc(C(O)C(O)CCNC(C)=O)c1O. The maximum absolute atomic E-state index is 10.8. The predicted octanol–water partition coefficient (Wildman–Crippen LogP) is 0.134. The minimum atomic E-state index is -1.41. The fraction of sp³-hybridized carbons (Fsp3) is 0.429. The van der Waals surface area contributed by atoms with Crippen LogP contribution < -0.4 is 10.1 Å². The summed E-state index contributed by atoms with van der Waals surface area (Å²) in [4.78, 5) is 21.6. The number of phenolic OH excluding ortho intramolecular Hbond substituents is 1. The standard InChI is InChI=1S/C14H19NO6/c1-8(17)15-4-3-11(18)13(19)10-5-9(7-16)6-12(21-2)14(10)20/h5-7,11,13,18-20H,3-4H2,1-2H3,(H,15,17). The second-order valence-corrected chi connectivity index (χ2v) is 4.56. The van der Waals surface area contributed by atoms with Gasteiger partial charge in [-0.3, -0.25) is 9.59 Å². The first-order chi connectivity index (χ1) is 9.90. The summed E-state index contributed by atoms with van der Waals surface area (Å²) < 4.78 is 4.91. The summed E-state index contributed by atoms with van der Waals surface area (Å²) in [6, 6.07) is 2.60. The van der Waals surface area contributed by atoms with Gasteiger partial charge in [0.05, 0.1) is 13.2 Å². The summed E-state index contributed by atoms with van der Waals surface area (Å²) in [7, 11) is 1.31. The number of ether oxygens (including phenoxy) is 1. The van der Waals surface area contributed by atoms with Crippen LogP contribution >= 0.6 is 0 Å². The van der Waals surface area contributed by atoms with E-state index in [1.807, 2.05) is 0 Å². The number of nitrogens with one attached hydrogen (secondary N) is 1. The van der Waals surface area contributed by atoms with E-state index in [4.69, 9.17) is 4.74 Å². The number of aliphatic hydroxyl groups is 2. The lowest BCUT2D eigenvalue weighted by Gasteiger charge is -2.20. The minimum Gasteiger partial charge on any atom is -0.504 e. The molecule has 1 aromatic rings. The van der Waals surface area contributed by atoms with E-state index < -0.39 is 12.2 Å². The molecule has 1 amide bonds. The number of aliphatic hydroxyl groups excluding tert-OH is 2. The number of carbonyl (C=O) groups excluding carboxylic acids is 2. The second-order valence-electron chi connectivity index (χ2n) is 4.56. The number of carbonyl (C=O) groups is 2. The Bertz CT molecular complexity index is 516. The van der Waals surface area contributed by atoms with Gasteiger partial charge in [0.2, 0.25) is 5.91 Å². The van der Waals surface area contributed by atoms with Crippen molar-refractivity contribution in [2.45, 2.75) is 25.6 Å². The molecule has 7 nitrogen and oxygen atoms in total. The Labute approximate surface area is 122 Å². The Morgan fingerprint density at radius 1 is 1.43 bits per heavy atom. The van der Waals surface area contributed by atoms with E-state index in [1.54, 1.807) is 0 Å². The topological polar surface area (TPSA) is 116 Å². The van der Waals surface area contributed by atoms with E-state index in [2.05, 4.69) is 5.32 Å². The van der Waals surface area contributed by atoms with Crippen molar-refractivity contribution in [2.24, 2.45) is 0 Å². The third-order valence-electron chi connectivity index (χ3n) is 2.98. The van der Waals surface area contributed by atoms with Crippen LogP contribution in [-0.4, -0.2) is 47.3 Å². The van der Waals surface area contributed by atoms with Gasteiger partial charge in [-0.15, -0.1) is 0 Å². The van der Waals surface area contributed by atoms with E-state index in [0.717, 1.165) is 0 Å². The molecule has 1 aromatic carbocycles. The van der Waals surface area contributed by atoms with Gasteiger partial charge in [0, 0.05) is 24.6 Å². The Morgan fingerprint density at radius 3 is 2.62 bits per heavy atom. The molecule has 116 valence electrons. The molecule has 2 unspecified atom stereocenters. The van der Waals surface area contributed by atoms with Crippen molar-refractivity contribution in [3.05, 3.63) is 23.3 Å². The van der Waals surface area contributed by atoms with Crippen molar-refractivity contribution in [3.8, 4) is 11.5 Å². The number of aromatic hydroxyl groups is 1. The Balaban J connectivity index is 2.92. The van der Waals surface area contributed by atoms with E-state index in [9.17, 15) is 24.9 Å². The maximum Gasteiger partial charge on any atom is 0.216 e. The maximum atomic E-state index is 10.8. The number of amides is 1. The normalized spacial score (nSPS) is 13.3. The Morgan fingerprint density at radius 2 is 2.10 bits per heavy atom. The van der Waals surface area contributed by atoms with Crippen molar-refractivity contribution in [1.29, 1.82) is 0 Å². The summed E-state index contributed by atoms with van der Waals surface area (Å²) >= 11 is 0. The number of phenols is 1. The van der Waals surface area contributed by atoms with Crippen LogP contribution in [0.4, 0.5) is 0 Å². The molecule has 4 N–H and O–H groups in total. The highest BCUT2D eigenvalue weighted by Gasteiger charge is 2.24. The second kappa shape index (κ2) is 7.61. The fourth-order valence-corrected chi connectivity index (χ4v) is 1.86. The summed E-state index contributed by atoms with van der Waals surface area (Å²) in [6.45, 7) is 1.52. The highest BCUT2D eigenvalue weighted by atomic mass is 16.5. The lowest BCUT2D eigenvalue weighted by Crippen LogP contribution is -2.27. The molecule has 2 atom stereocenters. The number of aldehydes is 1. The quantitative estimate of drug-likeness (QED) is 0.532. The number of hydrogen-bond acceptors (Lipinski definition) is 6. The van der Waals surface area contributed by atoms with Crippen molar-refractivity contribution < 1.29 is 29.6 Å². The fourth-order valence-electron chi connectivity index (χ4n) is 1.86. The average molecular weight is 297 g/mol. The third-order valence-corrected chi connectivity index (χ3v) is 2.98. The summed E-state index contributed by atoms with van der Waals surface area (Å²) in [5.41, 5.74) is 0.194. The molecule has 0 spiro atoms. The van der Waals surface area contributed by atoms with Crippen LogP contribution in [0.3, 0.4) is 0 Å². The number of benzene rings is 1. The molecular formula is C14H19NO6. The molecule has 7 heteroatoms. The molecule has 0 aromatic heterocycles. The van der Waals surface area contributed by atoms with E-state index in [0.29, 0.717) is 6.29 Å². The highest BCUT2D eigenvalue weighted by molar-refractivity contribution is 5.77. The molecular weight excluding hydrogens is 278 g/mol. The van der Waals surface area contributed by atoms with Gasteiger partial charge < -0.3 is 25.4 Å². The molecule has 0 bridgehead atoms. The first kappa shape index (κ1) is 16.9. The smallest absolute Gasteiger partial charge is 0.216 e. The van der Waals surface area contributed by atoms with Crippen LogP contribution in [0.2, 0.25) is 0 Å². The van der Waals surface area contributed by atoms with E-state index >= 15 is 0 Å². The number of rotatable bonds is 7. The van der Waals surface area contributed by atoms with Crippen LogP contribution in [-0.2, 0) is 4.79 Å². The Hall–Kier alpha value is -2.12. The van der Waals surface area contributed by atoms with E-state index in [1.165, 1.54) is 26.2 Å². The van der Waals surface area contributed by atoms with Gasteiger partial charge >= 0.3 is 0 Å². The average Bonchev–Trinajstić information content (AvgIpc) is 2.46. The van der Waals surface area contributed by atoms with Gasteiger partial charge in [0.25, 0.3) is 0 Å². The van der Waals surface area contributed by atoms with Gasteiger partial charge in [-0.1, -0.05) is 0 Å².